The number of ether oxygens (including phenoxy) is 2. The number of methoxy groups -OCH3 is 2. The highest BCUT2D eigenvalue weighted by Crippen LogP contribution is 2.35. The minimum absolute atomic E-state index is 0.138. The van der Waals surface area contributed by atoms with Crippen LogP contribution in [0.5, 0.6) is 11.5 Å². The lowest BCUT2D eigenvalue weighted by Crippen LogP contribution is -2.27. The first-order chi connectivity index (χ1) is 15.6. The van der Waals surface area contributed by atoms with Crippen molar-refractivity contribution >= 4 is 5.91 Å². The quantitative estimate of drug-likeness (QED) is 0.420. The molecule has 0 aliphatic heterocycles. The number of nitrogens with one attached hydrogen (secondary N) is 1. The standard InChI is InChI=1S/C26H24N2O4/c1-17(18-9-5-4-6-10-18)28-25(29)20-11-7-8-12-21(20)26-27-16-24(32-26)22-14-13-19(30-2)15-23(22)31-3/h4-17H,1-3H3,(H,28,29). The maximum Gasteiger partial charge on any atom is 0.252 e. The Balaban J connectivity index is 1.63. The maximum atomic E-state index is 13.1. The molecule has 0 saturated heterocycles. The molecule has 162 valence electrons. The van der Waals surface area contributed by atoms with E-state index in [-0.39, 0.29) is 11.9 Å². The smallest absolute Gasteiger partial charge is 0.252 e. The zero-order chi connectivity index (χ0) is 22.5. The molecule has 3 aromatic carbocycles. The van der Waals surface area contributed by atoms with Crippen LogP contribution in [0.4, 0.5) is 0 Å². The summed E-state index contributed by atoms with van der Waals surface area (Å²) in [5.74, 6) is 1.98. The summed E-state index contributed by atoms with van der Waals surface area (Å²) in [6.07, 6.45) is 1.63. The molecular formula is C26H24N2O4. The van der Waals surface area contributed by atoms with Crippen LogP contribution >= 0.6 is 0 Å². The number of aromatic nitrogens is 1. The van der Waals surface area contributed by atoms with Gasteiger partial charge in [0, 0.05) is 11.6 Å². The summed E-state index contributed by atoms with van der Waals surface area (Å²) in [5, 5.41) is 3.05. The SMILES string of the molecule is COc1ccc(-c2cnc(-c3ccccc3C(=O)NC(C)c3ccccc3)o2)c(OC)c1. The number of carbonyl (C=O) groups excluding carboxylic acids is 1. The summed E-state index contributed by atoms with van der Waals surface area (Å²) in [5.41, 5.74) is 2.88. The van der Waals surface area contributed by atoms with Crippen LogP contribution in [0.1, 0.15) is 28.9 Å². The minimum Gasteiger partial charge on any atom is -0.497 e. The van der Waals surface area contributed by atoms with E-state index in [9.17, 15) is 4.79 Å². The maximum absolute atomic E-state index is 13.1. The van der Waals surface area contributed by atoms with Gasteiger partial charge in [-0.05, 0) is 36.8 Å². The van der Waals surface area contributed by atoms with Gasteiger partial charge in [0.05, 0.1) is 37.6 Å². The highest BCUT2D eigenvalue weighted by Gasteiger charge is 2.20. The van der Waals surface area contributed by atoms with Crippen molar-refractivity contribution in [1.82, 2.24) is 10.3 Å². The van der Waals surface area contributed by atoms with Gasteiger partial charge in [0.1, 0.15) is 11.5 Å². The Kier molecular flexibility index (Phi) is 6.22. The van der Waals surface area contributed by atoms with E-state index in [4.69, 9.17) is 13.9 Å². The zero-order valence-corrected chi connectivity index (χ0v) is 18.2. The number of oxazole rings is 1. The fourth-order valence-electron chi connectivity index (χ4n) is 3.49. The predicted octanol–water partition coefficient (Wildman–Crippen LogP) is 5.52. The highest BCUT2D eigenvalue weighted by molar-refractivity contribution is 6.00. The number of nitrogens with zero attached hydrogens (tertiary/aromatic N) is 1. The minimum atomic E-state index is -0.196. The van der Waals surface area contributed by atoms with Crippen LogP contribution in [0.25, 0.3) is 22.8 Å². The molecular weight excluding hydrogens is 404 g/mol. The molecule has 4 rings (SSSR count). The van der Waals surface area contributed by atoms with Gasteiger partial charge in [0.25, 0.3) is 5.91 Å². The lowest BCUT2D eigenvalue weighted by atomic mass is 10.0. The van der Waals surface area contributed by atoms with Gasteiger partial charge in [-0.2, -0.15) is 0 Å². The van der Waals surface area contributed by atoms with Gasteiger partial charge in [-0.3, -0.25) is 4.79 Å². The van der Waals surface area contributed by atoms with Gasteiger partial charge in [-0.1, -0.05) is 42.5 Å². The van der Waals surface area contributed by atoms with E-state index in [1.807, 2.05) is 67.6 Å². The zero-order valence-electron chi connectivity index (χ0n) is 18.2. The summed E-state index contributed by atoms with van der Waals surface area (Å²) >= 11 is 0. The Labute approximate surface area is 186 Å². The second-order valence-corrected chi connectivity index (χ2v) is 7.25. The van der Waals surface area contributed by atoms with Gasteiger partial charge in [-0.15, -0.1) is 0 Å². The van der Waals surface area contributed by atoms with Crippen LogP contribution in [0.3, 0.4) is 0 Å². The third-order valence-corrected chi connectivity index (χ3v) is 5.23. The molecule has 0 radical (unpaired) electrons. The third kappa shape index (κ3) is 4.34. The molecule has 0 aliphatic carbocycles. The van der Waals surface area contributed by atoms with E-state index < -0.39 is 0 Å². The molecule has 1 atom stereocenters. The first kappa shape index (κ1) is 21.2. The molecule has 1 N–H and O–H groups in total. The number of benzene rings is 3. The number of hydrogen-bond donors (Lipinski definition) is 1. The average Bonchev–Trinajstić information content (AvgIpc) is 3.34. The number of carbonyl (C=O) groups is 1. The molecule has 1 unspecified atom stereocenters. The molecule has 6 nitrogen and oxygen atoms in total. The third-order valence-electron chi connectivity index (χ3n) is 5.23. The van der Waals surface area contributed by atoms with Crippen LogP contribution in [-0.4, -0.2) is 25.1 Å². The van der Waals surface area contributed by atoms with Crippen molar-refractivity contribution < 1.29 is 18.7 Å². The molecule has 4 aromatic rings. The lowest BCUT2D eigenvalue weighted by Gasteiger charge is -2.15. The lowest BCUT2D eigenvalue weighted by molar-refractivity contribution is 0.0940. The van der Waals surface area contributed by atoms with Gasteiger partial charge in [0.15, 0.2) is 5.76 Å². The Morgan fingerprint density at radius 1 is 0.938 bits per heavy atom. The summed E-state index contributed by atoms with van der Waals surface area (Å²) in [6, 6.07) is 22.4. The molecule has 6 heteroatoms. The van der Waals surface area contributed by atoms with Gasteiger partial charge < -0.3 is 19.2 Å². The average molecular weight is 428 g/mol. The fourth-order valence-corrected chi connectivity index (χ4v) is 3.49. The van der Waals surface area contributed by atoms with Crippen molar-refractivity contribution in [3.8, 4) is 34.3 Å². The Bertz CT molecular complexity index is 1220. The topological polar surface area (TPSA) is 73.6 Å². The second kappa shape index (κ2) is 9.39. The molecule has 32 heavy (non-hydrogen) atoms. The van der Waals surface area contributed by atoms with Gasteiger partial charge in [0.2, 0.25) is 5.89 Å². The van der Waals surface area contributed by atoms with Crippen LogP contribution in [-0.2, 0) is 0 Å². The van der Waals surface area contributed by atoms with Crippen molar-refractivity contribution in [3.05, 3.63) is 90.1 Å². The van der Waals surface area contributed by atoms with Crippen molar-refractivity contribution in [1.29, 1.82) is 0 Å². The van der Waals surface area contributed by atoms with E-state index in [0.717, 1.165) is 11.1 Å². The summed E-state index contributed by atoms with van der Waals surface area (Å²) in [6.45, 7) is 1.95. The molecule has 1 aromatic heterocycles. The van der Waals surface area contributed by atoms with Crippen LogP contribution in [0, 0.1) is 0 Å². The monoisotopic (exact) mass is 428 g/mol. The molecule has 0 bridgehead atoms. The van der Waals surface area contributed by atoms with Crippen molar-refractivity contribution in [2.75, 3.05) is 14.2 Å². The molecule has 0 spiro atoms. The molecule has 1 amide bonds. The normalized spacial score (nSPS) is 11.6. The first-order valence-corrected chi connectivity index (χ1v) is 10.2. The number of amides is 1. The summed E-state index contributed by atoms with van der Waals surface area (Å²) in [4.78, 5) is 17.5. The fraction of sp³-hybridized carbons (Fsp3) is 0.154. The molecule has 0 saturated carbocycles. The Morgan fingerprint density at radius 3 is 2.44 bits per heavy atom. The van der Waals surface area contributed by atoms with E-state index >= 15 is 0 Å². The van der Waals surface area contributed by atoms with Crippen LogP contribution < -0.4 is 14.8 Å². The van der Waals surface area contributed by atoms with E-state index in [1.54, 1.807) is 32.5 Å². The van der Waals surface area contributed by atoms with Gasteiger partial charge in [-0.25, -0.2) is 4.98 Å². The highest BCUT2D eigenvalue weighted by atomic mass is 16.5. The van der Waals surface area contributed by atoms with Crippen molar-refractivity contribution in [3.63, 3.8) is 0 Å². The van der Waals surface area contributed by atoms with Gasteiger partial charge >= 0.3 is 0 Å². The van der Waals surface area contributed by atoms with E-state index in [2.05, 4.69) is 10.3 Å². The predicted molar refractivity (Wildman–Crippen MR) is 123 cm³/mol. The second-order valence-electron chi connectivity index (χ2n) is 7.25. The first-order valence-electron chi connectivity index (χ1n) is 10.2. The van der Waals surface area contributed by atoms with Crippen LogP contribution in [0.15, 0.2) is 83.4 Å². The largest absolute Gasteiger partial charge is 0.497 e. The van der Waals surface area contributed by atoms with E-state index in [0.29, 0.717) is 34.3 Å². The Morgan fingerprint density at radius 2 is 1.69 bits per heavy atom. The summed E-state index contributed by atoms with van der Waals surface area (Å²) < 4.78 is 16.8. The van der Waals surface area contributed by atoms with E-state index in [1.165, 1.54) is 0 Å². The molecule has 1 heterocycles. The van der Waals surface area contributed by atoms with Crippen LogP contribution in [0.2, 0.25) is 0 Å². The summed E-state index contributed by atoms with van der Waals surface area (Å²) in [7, 11) is 3.19. The number of hydrogen-bond acceptors (Lipinski definition) is 5. The Hall–Kier alpha value is -4.06. The number of rotatable bonds is 7. The molecule has 0 fully saturated rings. The molecule has 0 aliphatic rings. The van der Waals surface area contributed by atoms with Crippen molar-refractivity contribution in [2.24, 2.45) is 0 Å². The van der Waals surface area contributed by atoms with Crippen molar-refractivity contribution in [2.45, 2.75) is 13.0 Å².